The van der Waals surface area contributed by atoms with Crippen LogP contribution in [-0.4, -0.2) is 57.5 Å². The van der Waals surface area contributed by atoms with Crippen LogP contribution in [-0.2, 0) is 9.84 Å². The van der Waals surface area contributed by atoms with E-state index in [9.17, 15) is 13.7 Å². The van der Waals surface area contributed by atoms with E-state index in [1.165, 1.54) is 6.26 Å². The molecule has 1 atom stereocenters. The highest BCUT2D eigenvalue weighted by atomic mass is 32.2. The van der Waals surface area contributed by atoms with Crippen LogP contribution in [0.5, 0.6) is 0 Å². The highest BCUT2D eigenvalue weighted by molar-refractivity contribution is 7.90. The zero-order chi connectivity index (χ0) is 13.8. The summed E-state index contributed by atoms with van der Waals surface area (Å²) in [6, 6.07) is 2.40. The van der Waals surface area contributed by atoms with Crippen LogP contribution in [0.15, 0.2) is 0 Å². The zero-order valence-corrected chi connectivity index (χ0v) is 12.3. The first-order chi connectivity index (χ1) is 8.33. The maximum Gasteiger partial charge on any atom is 0.148 e. The summed E-state index contributed by atoms with van der Waals surface area (Å²) in [6.45, 7) is 3.80. The number of likely N-dealkylation sites (N-methyl/N-ethyl adjacent to an activating group) is 2. The van der Waals surface area contributed by atoms with Crippen molar-refractivity contribution in [1.82, 2.24) is 10.2 Å². The summed E-state index contributed by atoms with van der Waals surface area (Å²) >= 11 is 0. The highest BCUT2D eigenvalue weighted by Gasteiger charge is 2.45. The molecular formula is C12H23N3O2S. The van der Waals surface area contributed by atoms with Crippen molar-refractivity contribution in [2.45, 2.75) is 25.3 Å². The van der Waals surface area contributed by atoms with Crippen LogP contribution in [0.25, 0.3) is 0 Å². The predicted octanol–water partition coefficient (Wildman–Crippen LogP) is 0.245. The van der Waals surface area contributed by atoms with Gasteiger partial charge in [-0.15, -0.1) is 0 Å². The maximum absolute atomic E-state index is 11.1. The van der Waals surface area contributed by atoms with Crippen LogP contribution in [0.3, 0.4) is 0 Å². The van der Waals surface area contributed by atoms with E-state index in [4.69, 9.17) is 0 Å². The molecule has 1 aliphatic carbocycles. The largest absolute Gasteiger partial charge is 0.302 e. The monoisotopic (exact) mass is 273 g/mol. The molecule has 0 aliphatic heterocycles. The summed E-state index contributed by atoms with van der Waals surface area (Å²) in [7, 11) is -1.07. The summed E-state index contributed by atoms with van der Waals surface area (Å²) in [5.41, 5.74) is -0.513. The van der Waals surface area contributed by atoms with Gasteiger partial charge in [-0.2, -0.15) is 5.26 Å². The van der Waals surface area contributed by atoms with Gasteiger partial charge in [-0.1, -0.05) is 6.92 Å². The van der Waals surface area contributed by atoms with E-state index in [1.807, 2.05) is 18.9 Å². The van der Waals surface area contributed by atoms with Crippen molar-refractivity contribution >= 4 is 9.84 Å². The van der Waals surface area contributed by atoms with Crippen LogP contribution < -0.4 is 5.32 Å². The molecule has 1 rings (SSSR count). The van der Waals surface area contributed by atoms with Crippen LogP contribution in [0, 0.1) is 17.2 Å². The van der Waals surface area contributed by atoms with E-state index in [-0.39, 0.29) is 5.75 Å². The second-order valence-corrected chi connectivity index (χ2v) is 7.52. The van der Waals surface area contributed by atoms with E-state index in [0.29, 0.717) is 19.0 Å². The molecule has 0 spiro atoms. The molecule has 1 unspecified atom stereocenters. The molecule has 1 N–H and O–H groups in total. The molecule has 1 aliphatic rings. The van der Waals surface area contributed by atoms with Gasteiger partial charge in [-0.05, 0) is 32.4 Å². The lowest BCUT2D eigenvalue weighted by Crippen LogP contribution is -2.54. The lowest BCUT2D eigenvalue weighted by Gasteiger charge is -2.32. The maximum atomic E-state index is 11.1. The Labute approximate surface area is 110 Å². The van der Waals surface area contributed by atoms with Crippen LogP contribution in [0.4, 0.5) is 0 Å². The molecule has 18 heavy (non-hydrogen) atoms. The van der Waals surface area contributed by atoms with Crippen molar-refractivity contribution in [1.29, 1.82) is 5.26 Å². The average molecular weight is 273 g/mol. The number of hydrogen-bond acceptors (Lipinski definition) is 5. The Hall–Kier alpha value is -0.640. The molecule has 0 amide bonds. The fourth-order valence-electron chi connectivity index (χ4n) is 2.21. The van der Waals surface area contributed by atoms with Gasteiger partial charge in [0.15, 0.2) is 0 Å². The highest BCUT2D eigenvalue weighted by Crippen LogP contribution is 2.39. The van der Waals surface area contributed by atoms with Gasteiger partial charge in [0, 0.05) is 19.3 Å². The zero-order valence-electron chi connectivity index (χ0n) is 11.4. The van der Waals surface area contributed by atoms with Gasteiger partial charge in [0.2, 0.25) is 0 Å². The van der Waals surface area contributed by atoms with Crippen molar-refractivity contribution in [2.24, 2.45) is 5.92 Å². The van der Waals surface area contributed by atoms with Crippen molar-refractivity contribution in [3.63, 3.8) is 0 Å². The average Bonchev–Trinajstić information content (AvgIpc) is 3.09. The SMILES string of the molecule is CCNC(C#N)(CN(C)CCS(C)(=O)=O)C1CC1. The van der Waals surface area contributed by atoms with Crippen LogP contribution in [0.2, 0.25) is 0 Å². The third kappa shape index (κ3) is 4.56. The quantitative estimate of drug-likeness (QED) is 0.686. The van der Waals surface area contributed by atoms with Gasteiger partial charge >= 0.3 is 0 Å². The molecule has 104 valence electrons. The Morgan fingerprint density at radius 1 is 1.50 bits per heavy atom. The Balaban J connectivity index is 2.58. The standard InChI is InChI=1S/C12H23N3O2S/c1-4-14-12(9-13,11-5-6-11)10-15(2)7-8-18(3,16)17/h11,14H,4-8,10H2,1-3H3. The Bertz CT molecular complexity index is 412. The second kappa shape index (κ2) is 6.00. The normalized spacial score (nSPS) is 19.5. The molecule has 1 fully saturated rings. The molecule has 5 nitrogen and oxygen atoms in total. The molecule has 0 aromatic rings. The van der Waals surface area contributed by atoms with Crippen LogP contribution >= 0.6 is 0 Å². The first kappa shape index (κ1) is 15.4. The van der Waals surface area contributed by atoms with E-state index in [2.05, 4.69) is 11.4 Å². The number of nitriles is 1. The summed E-state index contributed by atoms with van der Waals surface area (Å²) in [5.74, 6) is 0.546. The minimum absolute atomic E-state index is 0.141. The van der Waals surface area contributed by atoms with E-state index in [1.54, 1.807) is 0 Å². The predicted molar refractivity (Wildman–Crippen MR) is 72.0 cm³/mol. The smallest absolute Gasteiger partial charge is 0.148 e. The summed E-state index contributed by atoms with van der Waals surface area (Å²) < 4.78 is 22.3. The third-order valence-corrected chi connectivity index (χ3v) is 4.25. The minimum atomic E-state index is -2.94. The van der Waals surface area contributed by atoms with Crippen molar-refractivity contribution < 1.29 is 8.42 Å². The molecule has 0 bridgehead atoms. The van der Waals surface area contributed by atoms with E-state index < -0.39 is 15.4 Å². The van der Waals surface area contributed by atoms with Crippen LogP contribution in [0.1, 0.15) is 19.8 Å². The number of rotatable bonds is 8. The Morgan fingerprint density at radius 3 is 2.50 bits per heavy atom. The van der Waals surface area contributed by atoms with Crippen molar-refractivity contribution in [3.8, 4) is 6.07 Å². The number of sulfone groups is 1. The minimum Gasteiger partial charge on any atom is -0.302 e. The molecule has 0 aromatic heterocycles. The third-order valence-electron chi connectivity index (χ3n) is 3.33. The van der Waals surface area contributed by atoms with E-state index in [0.717, 1.165) is 19.4 Å². The van der Waals surface area contributed by atoms with Gasteiger partial charge < -0.3 is 4.90 Å². The molecular weight excluding hydrogens is 250 g/mol. The van der Waals surface area contributed by atoms with Gasteiger partial charge in [0.05, 0.1) is 11.8 Å². The Morgan fingerprint density at radius 2 is 2.11 bits per heavy atom. The van der Waals surface area contributed by atoms with Crippen molar-refractivity contribution in [3.05, 3.63) is 0 Å². The van der Waals surface area contributed by atoms with E-state index >= 15 is 0 Å². The number of nitrogens with zero attached hydrogens (tertiary/aromatic N) is 2. The first-order valence-electron chi connectivity index (χ1n) is 6.35. The lowest BCUT2D eigenvalue weighted by atomic mass is 9.94. The lowest BCUT2D eigenvalue weighted by molar-refractivity contribution is 0.239. The summed E-state index contributed by atoms with van der Waals surface area (Å²) in [6.07, 6.45) is 3.41. The van der Waals surface area contributed by atoms with Crippen molar-refractivity contribution in [2.75, 3.05) is 38.7 Å². The first-order valence-corrected chi connectivity index (χ1v) is 8.41. The fraction of sp³-hybridized carbons (Fsp3) is 0.917. The molecule has 0 aromatic carbocycles. The van der Waals surface area contributed by atoms with Gasteiger partial charge in [0.1, 0.15) is 15.4 Å². The molecule has 0 radical (unpaired) electrons. The Kier molecular flexibility index (Phi) is 5.14. The van der Waals surface area contributed by atoms with Gasteiger partial charge in [-0.25, -0.2) is 8.42 Å². The number of hydrogen-bond donors (Lipinski definition) is 1. The molecule has 0 saturated heterocycles. The number of nitrogens with one attached hydrogen (secondary N) is 1. The topological polar surface area (TPSA) is 73.2 Å². The summed E-state index contributed by atoms with van der Waals surface area (Å²) in [4.78, 5) is 1.94. The van der Waals surface area contributed by atoms with Gasteiger partial charge in [0.25, 0.3) is 0 Å². The molecule has 0 heterocycles. The van der Waals surface area contributed by atoms with Gasteiger partial charge in [-0.3, -0.25) is 5.32 Å². The fourth-order valence-corrected chi connectivity index (χ4v) is 2.86. The molecule has 1 saturated carbocycles. The second-order valence-electron chi connectivity index (χ2n) is 5.26. The summed E-state index contributed by atoms with van der Waals surface area (Å²) in [5, 5.41) is 12.7. The molecule has 6 heteroatoms.